The number of hydrogen-bond donors (Lipinski definition) is 2. The number of nitrogens with one attached hydrogen (secondary N) is 1. The van der Waals surface area contributed by atoms with E-state index < -0.39 is 6.09 Å². The fraction of sp³-hybridized carbons (Fsp3) is 0.323. The Hall–Kier alpha value is -3.97. The second-order valence-electron chi connectivity index (χ2n) is 10.2. The average molecular weight is 512 g/mol. The lowest BCUT2D eigenvalue weighted by Gasteiger charge is -2.18. The highest BCUT2D eigenvalue weighted by Gasteiger charge is 2.35. The van der Waals surface area contributed by atoms with Gasteiger partial charge in [-0.05, 0) is 55.5 Å². The van der Waals surface area contributed by atoms with E-state index in [1.165, 1.54) is 0 Å². The Morgan fingerprint density at radius 1 is 1.00 bits per heavy atom. The van der Waals surface area contributed by atoms with Gasteiger partial charge in [-0.1, -0.05) is 42.5 Å². The van der Waals surface area contributed by atoms with Crippen molar-refractivity contribution >= 4 is 28.4 Å². The normalized spacial score (nSPS) is 15.8. The zero-order valence-corrected chi connectivity index (χ0v) is 21.6. The van der Waals surface area contributed by atoms with E-state index in [0.717, 1.165) is 64.8 Å². The van der Waals surface area contributed by atoms with Crippen LogP contribution in [-0.4, -0.2) is 31.0 Å². The van der Waals surface area contributed by atoms with Gasteiger partial charge in [-0.25, -0.2) is 4.79 Å². The first kappa shape index (κ1) is 24.4. The summed E-state index contributed by atoms with van der Waals surface area (Å²) in [6, 6.07) is 24.3. The van der Waals surface area contributed by atoms with Crippen molar-refractivity contribution in [2.45, 2.75) is 37.8 Å². The lowest BCUT2D eigenvalue weighted by molar-refractivity contribution is 0.0975. The SMILES string of the molecule is COCCOc1ccc2c(N)c(-c3ccc(NC(=O)OC(c4ccccc4)C4CC4)cc3)n(C3CC3)c2c1. The first-order valence-corrected chi connectivity index (χ1v) is 13.3. The molecule has 2 aliphatic carbocycles. The van der Waals surface area contributed by atoms with Crippen LogP contribution < -0.4 is 15.8 Å². The number of carbonyl (C=O) groups is 1. The third-order valence-electron chi connectivity index (χ3n) is 7.30. The molecule has 2 aliphatic rings. The molecule has 1 heterocycles. The lowest BCUT2D eigenvalue weighted by Crippen LogP contribution is -2.18. The van der Waals surface area contributed by atoms with Crippen molar-refractivity contribution in [2.24, 2.45) is 5.92 Å². The number of carbonyl (C=O) groups excluding carboxylic acids is 1. The summed E-state index contributed by atoms with van der Waals surface area (Å²) in [5.74, 6) is 1.20. The molecule has 7 nitrogen and oxygen atoms in total. The molecule has 0 spiro atoms. The minimum Gasteiger partial charge on any atom is -0.491 e. The van der Waals surface area contributed by atoms with Crippen molar-refractivity contribution < 1.29 is 19.0 Å². The third kappa shape index (κ3) is 5.07. The number of nitrogens with zero attached hydrogens (tertiary/aromatic N) is 1. The van der Waals surface area contributed by atoms with Gasteiger partial charge < -0.3 is 24.5 Å². The summed E-state index contributed by atoms with van der Waals surface area (Å²) in [6.07, 6.45) is 3.76. The standard InChI is InChI=1S/C31H33N3O4/c1-36-17-18-37-25-15-16-26-27(19-25)34(24-13-14-24)29(28(26)32)20-9-11-23(12-10-20)33-31(35)38-30(22-7-8-22)21-5-3-2-4-6-21/h2-6,9-12,15-16,19,22,24,30H,7-8,13-14,17-18,32H2,1H3,(H,33,35). The van der Waals surface area contributed by atoms with E-state index in [2.05, 4.69) is 16.0 Å². The Labute approximate surface area is 222 Å². The highest BCUT2D eigenvalue weighted by Crippen LogP contribution is 2.47. The van der Waals surface area contributed by atoms with Crippen LogP contribution in [0.4, 0.5) is 16.2 Å². The first-order valence-electron chi connectivity index (χ1n) is 13.3. The zero-order valence-electron chi connectivity index (χ0n) is 21.6. The van der Waals surface area contributed by atoms with Crippen molar-refractivity contribution in [3.05, 3.63) is 78.4 Å². The van der Waals surface area contributed by atoms with Crippen LogP contribution in [0.5, 0.6) is 5.75 Å². The minimum absolute atomic E-state index is 0.215. The molecule has 3 N–H and O–H groups in total. The average Bonchev–Trinajstić information content (AvgIpc) is 3.87. The molecule has 2 saturated carbocycles. The van der Waals surface area contributed by atoms with E-state index in [9.17, 15) is 4.79 Å². The number of nitrogen functional groups attached to an aromatic ring is 1. The molecule has 6 rings (SSSR count). The van der Waals surface area contributed by atoms with Crippen LogP contribution >= 0.6 is 0 Å². The molecular formula is C31H33N3O4. The molecule has 0 radical (unpaired) electrons. The van der Waals surface area contributed by atoms with Gasteiger partial charge in [-0.15, -0.1) is 0 Å². The van der Waals surface area contributed by atoms with Crippen molar-refractivity contribution in [1.29, 1.82) is 0 Å². The molecule has 4 aromatic rings. The maximum absolute atomic E-state index is 12.8. The highest BCUT2D eigenvalue weighted by molar-refractivity contribution is 6.02. The number of methoxy groups -OCH3 is 1. The fourth-order valence-electron chi connectivity index (χ4n) is 5.11. The van der Waals surface area contributed by atoms with Gasteiger partial charge in [-0.2, -0.15) is 0 Å². The predicted octanol–water partition coefficient (Wildman–Crippen LogP) is 6.95. The number of aromatic nitrogens is 1. The molecule has 1 unspecified atom stereocenters. The fourth-order valence-corrected chi connectivity index (χ4v) is 5.11. The van der Waals surface area contributed by atoms with Crippen LogP contribution in [0.1, 0.15) is 43.4 Å². The highest BCUT2D eigenvalue weighted by atomic mass is 16.6. The van der Waals surface area contributed by atoms with Crippen LogP contribution in [0.25, 0.3) is 22.2 Å². The van der Waals surface area contributed by atoms with Crippen molar-refractivity contribution in [3.8, 4) is 17.0 Å². The molecule has 0 saturated heterocycles. The van der Waals surface area contributed by atoms with E-state index in [1.807, 2.05) is 66.7 Å². The van der Waals surface area contributed by atoms with Crippen LogP contribution in [0.15, 0.2) is 72.8 Å². The summed E-state index contributed by atoms with van der Waals surface area (Å²) in [7, 11) is 1.66. The summed E-state index contributed by atoms with van der Waals surface area (Å²) in [6.45, 7) is 1.04. The van der Waals surface area contributed by atoms with E-state index in [1.54, 1.807) is 7.11 Å². The summed E-state index contributed by atoms with van der Waals surface area (Å²) in [4.78, 5) is 12.8. The number of benzene rings is 3. The van der Waals surface area contributed by atoms with Gasteiger partial charge in [0.05, 0.1) is 23.5 Å². The Morgan fingerprint density at radius 3 is 2.45 bits per heavy atom. The van der Waals surface area contributed by atoms with Gasteiger partial charge in [0.15, 0.2) is 0 Å². The number of fused-ring (bicyclic) bond motifs is 1. The van der Waals surface area contributed by atoms with Gasteiger partial charge in [0.25, 0.3) is 0 Å². The number of ether oxygens (including phenoxy) is 3. The van der Waals surface area contributed by atoms with Crippen molar-refractivity contribution in [1.82, 2.24) is 4.57 Å². The first-order chi connectivity index (χ1) is 18.6. The summed E-state index contributed by atoms with van der Waals surface area (Å²) in [5.41, 5.74) is 12.3. The van der Waals surface area contributed by atoms with Crippen molar-refractivity contribution in [3.63, 3.8) is 0 Å². The maximum Gasteiger partial charge on any atom is 0.412 e. The van der Waals surface area contributed by atoms with Gasteiger partial charge in [0, 0.05) is 41.8 Å². The molecule has 2 fully saturated rings. The van der Waals surface area contributed by atoms with E-state index >= 15 is 0 Å². The number of nitrogens with two attached hydrogens (primary N) is 1. The topological polar surface area (TPSA) is 87.7 Å². The summed E-state index contributed by atoms with van der Waals surface area (Å²) >= 11 is 0. The van der Waals surface area contributed by atoms with Gasteiger partial charge >= 0.3 is 6.09 Å². The summed E-state index contributed by atoms with van der Waals surface area (Å²) < 4.78 is 19.2. The smallest absolute Gasteiger partial charge is 0.412 e. The van der Waals surface area contributed by atoms with Gasteiger partial charge in [-0.3, -0.25) is 5.32 Å². The Morgan fingerprint density at radius 2 is 1.76 bits per heavy atom. The van der Waals surface area contributed by atoms with E-state index in [-0.39, 0.29) is 6.10 Å². The molecule has 1 atom stereocenters. The quantitative estimate of drug-likeness (QED) is 0.225. The van der Waals surface area contributed by atoms with Crippen molar-refractivity contribution in [2.75, 3.05) is 31.4 Å². The molecule has 196 valence electrons. The second-order valence-corrected chi connectivity index (χ2v) is 10.2. The summed E-state index contributed by atoms with van der Waals surface area (Å²) in [5, 5.41) is 3.92. The predicted molar refractivity (Wildman–Crippen MR) is 149 cm³/mol. The van der Waals surface area contributed by atoms with E-state index in [4.69, 9.17) is 19.9 Å². The molecule has 7 heteroatoms. The monoisotopic (exact) mass is 511 g/mol. The molecule has 0 aliphatic heterocycles. The largest absolute Gasteiger partial charge is 0.491 e. The Bertz CT molecular complexity index is 1420. The molecule has 1 aromatic heterocycles. The zero-order chi connectivity index (χ0) is 26.1. The molecule has 0 bridgehead atoms. The molecule has 38 heavy (non-hydrogen) atoms. The van der Waals surface area contributed by atoms with Gasteiger partial charge in [0.1, 0.15) is 18.5 Å². The van der Waals surface area contributed by atoms with E-state index in [0.29, 0.717) is 30.9 Å². The van der Waals surface area contributed by atoms with Gasteiger partial charge in [0.2, 0.25) is 0 Å². The number of rotatable bonds is 10. The Balaban J connectivity index is 1.21. The molecule has 1 amide bonds. The number of amides is 1. The number of anilines is 2. The minimum atomic E-state index is -0.439. The van der Waals surface area contributed by atoms with Crippen LogP contribution in [0, 0.1) is 5.92 Å². The van der Waals surface area contributed by atoms with Crippen LogP contribution in [0.3, 0.4) is 0 Å². The molecule has 3 aromatic carbocycles. The van der Waals surface area contributed by atoms with Crippen LogP contribution in [-0.2, 0) is 9.47 Å². The lowest BCUT2D eigenvalue weighted by atomic mass is 10.1. The van der Waals surface area contributed by atoms with Crippen LogP contribution in [0.2, 0.25) is 0 Å². The second kappa shape index (κ2) is 10.4. The maximum atomic E-state index is 12.8. The molecular weight excluding hydrogens is 478 g/mol. The third-order valence-corrected chi connectivity index (χ3v) is 7.30. The Kier molecular flexibility index (Phi) is 6.68. The number of hydrogen-bond acceptors (Lipinski definition) is 5.